The van der Waals surface area contributed by atoms with Crippen LogP contribution in [0.15, 0.2) is 18.2 Å². The molecule has 2 nitrogen and oxygen atoms in total. The Morgan fingerprint density at radius 2 is 1.87 bits per heavy atom. The van der Waals surface area contributed by atoms with Gasteiger partial charge in [0.15, 0.2) is 0 Å². The highest BCUT2D eigenvalue weighted by atomic mass is 16.3. The van der Waals surface area contributed by atoms with Crippen molar-refractivity contribution in [2.45, 2.75) is 32.3 Å². The Bertz CT molecular complexity index is 354. The van der Waals surface area contributed by atoms with Crippen LogP contribution in [0, 0.1) is 13.8 Å². The van der Waals surface area contributed by atoms with Crippen LogP contribution in [0.1, 0.15) is 29.5 Å². The Labute approximate surface area is 91.3 Å². The zero-order chi connectivity index (χ0) is 10.9. The predicted molar refractivity (Wildman–Crippen MR) is 61.9 cm³/mol. The topological polar surface area (TPSA) is 32.3 Å². The molecule has 82 valence electrons. The van der Waals surface area contributed by atoms with Crippen molar-refractivity contribution in [1.82, 2.24) is 5.32 Å². The summed E-state index contributed by atoms with van der Waals surface area (Å²) in [4.78, 5) is 0. The minimum atomic E-state index is -0.610. The highest BCUT2D eigenvalue weighted by Gasteiger charge is 2.32. The average Bonchev–Trinajstić information content (AvgIpc) is 2.23. The second-order valence-corrected chi connectivity index (χ2v) is 4.60. The second kappa shape index (κ2) is 3.95. The molecule has 1 aliphatic heterocycles. The van der Waals surface area contributed by atoms with Gasteiger partial charge in [-0.15, -0.1) is 0 Å². The first-order chi connectivity index (χ1) is 7.12. The van der Waals surface area contributed by atoms with Gasteiger partial charge in [0.25, 0.3) is 0 Å². The zero-order valence-electron chi connectivity index (χ0n) is 9.51. The van der Waals surface area contributed by atoms with Crippen molar-refractivity contribution >= 4 is 0 Å². The second-order valence-electron chi connectivity index (χ2n) is 4.60. The molecule has 15 heavy (non-hydrogen) atoms. The minimum absolute atomic E-state index is 0.610. The van der Waals surface area contributed by atoms with Crippen molar-refractivity contribution in [1.29, 1.82) is 0 Å². The number of nitrogens with one attached hydrogen (secondary N) is 1. The first kappa shape index (κ1) is 10.7. The van der Waals surface area contributed by atoms with Gasteiger partial charge in [0.05, 0.1) is 5.60 Å². The number of aryl methyl sites for hydroxylation is 2. The van der Waals surface area contributed by atoms with Crippen LogP contribution in [-0.2, 0) is 5.60 Å². The Morgan fingerprint density at radius 3 is 2.53 bits per heavy atom. The van der Waals surface area contributed by atoms with E-state index >= 15 is 0 Å². The van der Waals surface area contributed by atoms with Crippen LogP contribution in [0.4, 0.5) is 0 Å². The third-order valence-electron chi connectivity index (χ3n) is 3.33. The maximum atomic E-state index is 10.6. The summed E-state index contributed by atoms with van der Waals surface area (Å²) in [5.74, 6) is 0. The van der Waals surface area contributed by atoms with E-state index in [1.165, 1.54) is 11.1 Å². The number of piperidine rings is 1. The first-order valence-corrected chi connectivity index (χ1v) is 5.63. The van der Waals surface area contributed by atoms with Gasteiger partial charge in [0, 0.05) is 0 Å². The van der Waals surface area contributed by atoms with Crippen LogP contribution in [0.5, 0.6) is 0 Å². The van der Waals surface area contributed by atoms with Gasteiger partial charge in [-0.05, 0) is 50.9 Å². The lowest BCUT2D eigenvalue weighted by Gasteiger charge is -2.34. The van der Waals surface area contributed by atoms with Crippen LogP contribution in [0.3, 0.4) is 0 Å². The summed E-state index contributed by atoms with van der Waals surface area (Å²) in [7, 11) is 0. The molecular formula is C13H19NO. The lowest BCUT2D eigenvalue weighted by Crippen LogP contribution is -2.40. The molecule has 0 radical (unpaired) electrons. The molecule has 0 aliphatic carbocycles. The Balaban J connectivity index is 2.38. The van der Waals surface area contributed by atoms with Crippen molar-refractivity contribution in [3.63, 3.8) is 0 Å². The SMILES string of the molecule is Cc1ccc(C)c(C2(O)CCNCC2)c1. The van der Waals surface area contributed by atoms with Crippen LogP contribution < -0.4 is 5.32 Å². The van der Waals surface area contributed by atoms with E-state index in [1.807, 2.05) is 0 Å². The number of rotatable bonds is 1. The third kappa shape index (κ3) is 2.06. The Hall–Kier alpha value is -0.860. The van der Waals surface area contributed by atoms with Gasteiger partial charge in [-0.2, -0.15) is 0 Å². The molecule has 0 spiro atoms. The molecule has 1 fully saturated rings. The summed E-state index contributed by atoms with van der Waals surface area (Å²) < 4.78 is 0. The van der Waals surface area contributed by atoms with Crippen molar-refractivity contribution in [3.05, 3.63) is 34.9 Å². The standard InChI is InChI=1S/C13H19NO/c1-10-3-4-11(2)12(9-10)13(15)5-7-14-8-6-13/h3-4,9,14-15H,5-8H2,1-2H3. The van der Waals surface area contributed by atoms with E-state index in [4.69, 9.17) is 0 Å². The molecule has 1 aliphatic rings. The van der Waals surface area contributed by atoms with Gasteiger partial charge in [-0.3, -0.25) is 0 Å². The maximum Gasteiger partial charge on any atom is 0.0923 e. The van der Waals surface area contributed by atoms with Crippen molar-refractivity contribution in [3.8, 4) is 0 Å². The third-order valence-corrected chi connectivity index (χ3v) is 3.33. The highest BCUT2D eigenvalue weighted by Crippen LogP contribution is 2.32. The van der Waals surface area contributed by atoms with Gasteiger partial charge in [-0.1, -0.05) is 23.8 Å². The van der Waals surface area contributed by atoms with E-state index < -0.39 is 5.60 Å². The summed E-state index contributed by atoms with van der Waals surface area (Å²) >= 11 is 0. The van der Waals surface area contributed by atoms with Crippen molar-refractivity contribution in [2.75, 3.05) is 13.1 Å². The average molecular weight is 205 g/mol. The van der Waals surface area contributed by atoms with Gasteiger partial charge in [0.2, 0.25) is 0 Å². The molecule has 2 N–H and O–H groups in total. The molecule has 0 atom stereocenters. The molecule has 2 heteroatoms. The van der Waals surface area contributed by atoms with Gasteiger partial charge >= 0.3 is 0 Å². The highest BCUT2D eigenvalue weighted by molar-refractivity contribution is 5.35. The van der Waals surface area contributed by atoms with E-state index in [0.717, 1.165) is 31.5 Å². The van der Waals surface area contributed by atoms with E-state index in [0.29, 0.717) is 0 Å². The van der Waals surface area contributed by atoms with Gasteiger partial charge in [-0.25, -0.2) is 0 Å². The lowest BCUT2D eigenvalue weighted by atomic mass is 9.82. The number of aliphatic hydroxyl groups is 1. The molecule has 0 unspecified atom stereocenters. The lowest BCUT2D eigenvalue weighted by molar-refractivity contribution is 0.00533. The monoisotopic (exact) mass is 205 g/mol. The summed E-state index contributed by atoms with van der Waals surface area (Å²) in [6.07, 6.45) is 1.63. The summed E-state index contributed by atoms with van der Waals surface area (Å²) in [6, 6.07) is 6.33. The quantitative estimate of drug-likeness (QED) is 0.733. The molecule has 0 saturated carbocycles. The molecule has 1 aromatic rings. The molecule has 0 amide bonds. The maximum absolute atomic E-state index is 10.6. The number of hydrogen-bond donors (Lipinski definition) is 2. The van der Waals surface area contributed by atoms with E-state index in [1.54, 1.807) is 0 Å². The first-order valence-electron chi connectivity index (χ1n) is 5.63. The minimum Gasteiger partial charge on any atom is -0.385 e. The van der Waals surface area contributed by atoms with Crippen LogP contribution in [-0.4, -0.2) is 18.2 Å². The number of hydrogen-bond acceptors (Lipinski definition) is 2. The molecule has 0 bridgehead atoms. The molecule has 1 saturated heterocycles. The molecule has 1 aromatic carbocycles. The Kier molecular flexibility index (Phi) is 2.81. The molecule has 2 rings (SSSR count). The van der Waals surface area contributed by atoms with Crippen LogP contribution >= 0.6 is 0 Å². The Morgan fingerprint density at radius 1 is 1.20 bits per heavy atom. The fraction of sp³-hybridized carbons (Fsp3) is 0.538. The summed E-state index contributed by atoms with van der Waals surface area (Å²) in [6.45, 7) is 5.97. The smallest absolute Gasteiger partial charge is 0.0923 e. The van der Waals surface area contributed by atoms with E-state index in [-0.39, 0.29) is 0 Å². The normalized spacial score (nSPS) is 20.2. The van der Waals surface area contributed by atoms with Crippen molar-refractivity contribution in [2.24, 2.45) is 0 Å². The summed E-state index contributed by atoms with van der Waals surface area (Å²) in [5.41, 5.74) is 2.93. The van der Waals surface area contributed by atoms with E-state index in [9.17, 15) is 5.11 Å². The summed E-state index contributed by atoms with van der Waals surface area (Å²) in [5, 5.41) is 13.9. The zero-order valence-corrected chi connectivity index (χ0v) is 9.51. The molecule has 0 aromatic heterocycles. The van der Waals surface area contributed by atoms with Crippen LogP contribution in [0.25, 0.3) is 0 Å². The van der Waals surface area contributed by atoms with E-state index in [2.05, 4.69) is 37.4 Å². The molecular weight excluding hydrogens is 186 g/mol. The molecule has 1 heterocycles. The van der Waals surface area contributed by atoms with Crippen LogP contribution in [0.2, 0.25) is 0 Å². The number of benzene rings is 1. The van der Waals surface area contributed by atoms with Crippen molar-refractivity contribution < 1.29 is 5.11 Å². The largest absolute Gasteiger partial charge is 0.385 e. The van der Waals surface area contributed by atoms with Gasteiger partial charge < -0.3 is 10.4 Å². The predicted octanol–water partition coefficient (Wildman–Crippen LogP) is 1.87. The fourth-order valence-electron chi connectivity index (χ4n) is 2.35. The fourth-order valence-corrected chi connectivity index (χ4v) is 2.35. The van der Waals surface area contributed by atoms with Gasteiger partial charge in [0.1, 0.15) is 0 Å².